The van der Waals surface area contributed by atoms with E-state index in [2.05, 4.69) is 39.8 Å². The first-order valence-corrected chi connectivity index (χ1v) is 9.76. The summed E-state index contributed by atoms with van der Waals surface area (Å²) in [6.07, 6.45) is 3.15. The molecule has 1 aliphatic heterocycles. The molecule has 0 spiro atoms. The number of anilines is 2. The van der Waals surface area contributed by atoms with Crippen LogP contribution in [0.15, 0.2) is 42.5 Å². The average molecular weight is 397 g/mol. The van der Waals surface area contributed by atoms with Crippen LogP contribution in [-0.2, 0) is 16.0 Å². The molecule has 1 fully saturated rings. The minimum Gasteiger partial charge on any atom is -0.497 e. The van der Waals surface area contributed by atoms with Crippen molar-refractivity contribution in [2.75, 3.05) is 44.1 Å². The molecule has 7 heteroatoms. The lowest BCUT2D eigenvalue weighted by atomic mass is 10.1. The Labute approximate surface area is 171 Å². The van der Waals surface area contributed by atoms with Crippen molar-refractivity contribution < 1.29 is 19.1 Å². The second-order valence-corrected chi connectivity index (χ2v) is 6.89. The molecule has 0 unspecified atom stereocenters. The van der Waals surface area contributed by atoms with Gasteiger partial charge in [0, 0.05) is 31.4 Å². The van der Waals surface area contributed by atoms with Crippen molar-refractivity contribution in [3.8, 4) is 11.5 Å². The Morgan fingerprint density at radius 1 is 0.966 bits per heavy atom. The van der Waals surface area contributed by atoms with Crippen LogP contribution in [0.25, 0.3) is 0 Å². The van der Waals surface area contributed by atoms with Crippen molar-refractivity contribution in [3.05, 3.63) is 48.0 Å². The summed E-state index contributed by atoms with van der Waals surface area (Å²) in [6.45, 7) is 2.61. The molecule has 7 nitrogen and oxygen atoms in total. The van der Waals surface area contributed by atoms with Crippen LogP contribution in [0.1, 0.15) is 18.4 Å². The molecule has 1 aliphatic rings. The predicted octanol–water partition coefficient (Wildman–Crippen LogP) is 2.60. The van der Waals surface area contributed by atoms with Gasteiger partial charge in [0.15, 0.2) is 0 Å². The van der Waals surface area contributed by atoms with Gasteiger partial charge in [0.05, 0.1) is 19.9 Å². The fraction of sp³-hybridized carbons (Fsp3) is 0.364. The highest BCUT2D eigenvalue weighted by Crippen LogP contribution is 2.28. The summed E-state index contributed by atoms with van der Waals surface area (Å²) in [6, 6.07) is 13.3. The van der Waals surface area contributed by atoms with E-state index in [1.165, 1.54) is 25.6 Å². The second kappa shape index (κ2) is 9.82. The third kappa shape index (κ3) is 5.40. The summed E-state index contributed by atoms with van der Waals surface area (Å²) in [5, 5.41) is 5.22. The molecule has 2 N–H and O–H groups in total. The van der Waals surface area contributed by atoms with Crippen molar-refractivity contribution in [1.82, 2.24) is 5.32 Å². The number of methoxy groups -OCH3 is 2. The van der Waals surface area contributed by atoms with Crippen molar-refractivity contribution in [2.24, 2.45) is 0 Å². The Kier molecular flexibility index (Phi) is 6.94. The van der Waals surface area contributed by atoms with Gasteiger partial charge in [0.1, 0.15) is 11.5 Å². The van der Waals surface area contributed by atoms with Gasteiger partial charge in [-0.1, -0.05) is 12.1 Å². The molecule has 0 bridgehead atoms. The summed E-state index contributed by atoms with van der Waals surface area (Å²) < 4.78 is 10.3. The van der Waals surface area contributed by atoms with E-state index in [-0.39, 0.29) is 0 Å². The summed E-state index contributed by atoms with van der Waals surface area (Å²) >= 11 is 0. The number of hydrogen-bond acceptors (Lipinski definition) is 5. The smallest absolute Gasteiger partial charge is 0.313 e. The number of nitrogens with one attached hydrogen (secondary N) is 2. The maximum absolute atomic E-state index is 12.2. The highest BCUT2D eigenvalue weighted by Gasteiger charge is 2.16. The molecular formula is C22H27N3O4. The highest BCUT2D eigenvalue weighted by molar-refractivity contribution is 6.39. The monoisotopic (exact) mass is 397 g/mol. The Hall–Kier alpha value is -3.22. The van der Waals surface area contributed by atoms with Gasteiger partial charge >= 0.3 is 11.8 Å². The van der Waals surface area contributed by atoms with Crippen LogP contribution in [0, 0.1) is 0 Å². The largest absolute Gasteiger partial charge is 0.497 e. The first-order chi connectivity index (χ1) is 14.1. The lowest BCUT2D eigenvalue weighted by molar-refractivity contribution is -0.136. The van der Waals surface area contributed by atoms with Gasteiger partial charge in [-0.05, 0) is 49.1 Å². The Morgan fingerprint density at radius 3 is 2.34 bits per heavy atom. The van der Waals surface area contributed by atoms with Gasteiger partial charge in [-0.25, -0.2) is 0 Å². The van der Waals surface area contributed by atoms with Gasteiger partial charge in [0.25, 0.3) is 0 Å². The molecule has 29 heavy (non-hydrogen) atoms. The number of nitrogens with zero attached hydrogens (tertiary/aromatic N) is 1. The Bertz CT molecular complexity index is 846. The third-order valence-corrected chi connectivity index (χ3v) is 4.97. The minimum atomic E-state index is -0.738. The number of carbonyl (C=O) groups excluding carboxylic acids is 2. The number of benzene rings is 2. The Balaban J connectivity index is 1.47. The van der Waals surface area contributed by atoms with Gasteiger partial charge in [-0.2, -0.15) is 0 Å². The zero-order valence-electron chi connectivity index (χ0n) is 16.9. The SMILES string of the molecule is COc1ccc(NC(=O)C(=O)NCCc2ccc(N3CCCC3)cc2)c(OC)c1. The molecule has 1 saturated heterocycles. The van der Waals surface area contributed by atoms with Gasteiger partial charge < -0.3 is 25.0 Å². The van der Waals surface area contributed by atoms with Crippen molar-refractivity contribution in [1.29, 1.82) is 0 Å². The normalized spacial score (nSPS) is 13.1. The number of carbonyl (C=O) groups is 2. The molecule has 0 aromatic heterocycles. The average Bonchev–Trinajstić information content (AvgIpc) is 3.29. The zero-order valence-corrected chi connectivity index (χ0v) is 16.9. The van der Waals surface area contributed by atoms with Crippen LogP contribution in [0.4, 0.5) is 11.4 Å². The van der Waals surface area contributed by atoms with Gasteiger partial charge in [0.2, 0.25) is 0 Å². The fourth-order valence-electron chi connectivity index (χ4n) is 3.33. The van der Waals surface area contributed by atoms with E-state index in [0.29, 0.717) is 30.2 Å². The summed E-state index contributed by atoms with van der Waals surface area (Å²) in [4.78, 5) is 26.6. The molecule has 0 radical (unpaired) electrons. The zero-order chi connectivity index (χ0) is 20.6. The number of hydrogen-bond donors (Lipinski definition) is 2. The summed E-state index contributed by atoms with van der Waals surface area (Å²) in [5.41, 5.74) is 2.76. The molecule has 3 rings (SSSR count). The quantitative estimate of drug-likeness (QED) is 0.702. The summed E-state index contributed by atoms with van der Waals surface area (Å²) in [7, 11) is 3.03. The molecule has 154 valence electrons. The predicted molar refractivity (Wildman–Crippen MR) is 113 cm³/mol. The van der Waals surface area contributed by atoms with Gasteiger partial charge in [-0.15, -0.1) is 0 Å². The standard InChI is InChI=1S/C22H27N3O4/c1-28-18-9-10-19(20(15-18)29-2)24-22(27)21(26)23-12-11-16-5-7-17(8-6-16)25-13-3-4-14-25/h5-10,15H,3-4,11-14H2,1-2H3,(H,23,26)(H,24,27). The topological polar surface area (TPSA) is 79.9 Å². The molecule has 1 heterocycles. The van der Waals surface area contributed by atoms with E-state index in [0.717, 1.165) is 18.7 Å². The van der Waals surface area contributed by atoms with Crippen LogP contribution in [0.5, 0.6) is 11.5 Å². The molecular weight excluding hydrogens is 370 g/mol. The number of rotatable bonds is 7. The van der Waals surface area contributed by atoms with E-state index in [1.54, 1.807) is 25.3 Å². The van der Waals surface area contributed by atoms with Crippen LogP contribution in [0.3, 0.4) is 0 Å². The molecule has 2 amide bonds. The van der Waals surface area contributed by atoms with Crippen LogP contribution >= 0.6 is 0 Å². The van der Waals surface area contributed by atoms with Crippen molar-refractivity contribution in [2.45, 2.75) is 19.3 Å². The van der Waals surface area contributed by atoms with Crippen molar-refractivity contribution >= 4 is 23.2 Å². The lowest BCUT2D eigenvalue weighted by Crippen LogP contribution is -2.36. The lowest BCUT2D eigenvalue weighted by Gasteiger charge is -2.17. The van der Waals surface area contributed by atoms with E-state index in [1.807, 2.05) is 0 Å². The molecule has 2 aromatic rings. The molecule has 0 aliphatic carbocycles. The molecule has 2 aromatic carbocycles. The van der Waals surface area contributed by atoms with E-state index < -0.39 is 11.8 Å². The van der Waals surface area contributed by atoms with Crippen molar-refractivity contribution in [3.63, 3.8) is 0 Å². The van der Waals surface area contributed by atoms with Crippen LogP contribution < -0.4 is 25.0 Å². The van der Waals surface area contributed by atoms with E-state index >= 15 is 0 Å². The van der Waals surface area contributed by atoms with Crippen LogP contribution in [0.2, 0.25) is 0 Å². The maximum atomic E-state index is 12.2. The van der Waals surface area contributed by atoms with Gasteiger partial charge in [-0.3, -0.25) is 9.59 Å². The number of amides is 2. The maximum Gasteiger partial charge on any atom is 0.313 e. The van der Waals surface area contributed by atoms with Crippen LogP contribution in [-0.4, -0.2) is 45.7 Å². The fourth-order valence-corrected chi connectivity index (χ4v) is 3.33. The molecule has 0 saturated carbocycles. The third-order valence-electron chi connectivity index (χ3n) is 4.97. The van der Waals surface area contributed by atoms with E-state index in [4.69, 9.17) is 9.47 Å². The second-order valence-electron chi connectivity index (χ2n) is 6.89. The summed E-state index contributed by atoms with van der Waals surface area (Å²) in [5.74, 6) is -0.405. The first kappa shape index (κ1) is 20.5. The first-order valence-electron chi connectivity index (χ1n) is 9.76. The number of ether oxygens (including phenoxy) is 2. The Morgan fingerprint density at radius 2 is 1.69 bits per heavy atom. The minimum absolute atomic E-state index is 0.384. The molecule has 0 atom stereocenters. The highest BCUT2D eigenvalue weighted by atomic mass is 16.5. The van der Waals surface area contributed by atoms with E-state index in [9.17, 15) is 9.59 Å².